The van der Waals surface area contributed by atoms with Gasteiger partial charge in [-0.3, -0.25) is 0 Å². The molecule has 122 valence electrons. The molecule has 0 saturated carbocycles. The van der Waals surface area contributed by atoms with Crippen molar-refractivity contribution >= 4 is 14.6 Å². The van der Waals surface area contributed by atoms with E-state index in [4.69, 9.17) is 0 Å². The maximum Gasteiger partial charge on any atom is 0.231 e. The summed E-state index contributed by atoms with van der Waals surface area (Å²) in [6.45, 7) is 29.3. The van der Waals surface area contributed by atoms with E-state index in [2.05, 4.69) is 83.1 Å². The molecule has 0 spiro atoms. The number of hydrogen-bond donors (Lipinski definition) is 0. The Kier molecular flexibility index (Phi) is 6.23. The highest BCUT2D eigenvalue weighted by molar-refractivity contribution is 8.11. The molecule has 20 heavy (non-hydrogen) atoms. The number of hydrogen-bond acceptors (Lipinski definition) is 0. The Hall–Kier alpha value is 0.647. The van der Waals surface area contributed by atoms with Crippen LogP contribution in [0.1, 0.15) is 83.1 Å². The first kappa shape index (κ1) is 20.6. The minimum atomic E-state index is -1.29. The minimum Gasteiger partial charge on any atom is -0.0644 e. The third-order valence-corrected chi connectivity index (χ3v) is 30.3. The Morgan fingerprint density at radius 1 is 0.550 bits per heavy atom. The van der Waals surface area contributed by atoms with E-state index in [0.29, 0.717) is 15.5 Å². The molecule has 0 aliphatic rings. The Labute approximate surface area is 131 Å². The second kappa shape index (κ2) is 6.03. The topological polar surface area (TPSA) is 0 Å². The van der Waals surface area contributed by atoms with Crippen LogP contribution in [0.3, 0.4) is 0 Å². The molecule has 0 atom stereocenters. The van der Waals surface area contributed by atoms with Gasteiger partial charge in [0.25, 0.3) is 0 Å². The van der Waals surface area contributed by atoms with Crippen LogP contribution in [0.4, 0.5) is 0 Å². The van der Waals surface area contributed by atoms with E-state index in [1.165, 1.54) is 18.1 Å². The van der Waals surface area contributed by atoms with E-state index < -0.39 is 14.6 Å². The maximum atomic E-state index is 2.56. The zero-order chi connectivity index (χ0) is 16.6. The van der Waals surface area contributed by atoms with Crippen molar-refractivity contribution in [1.82, 2.24) is 0 Å². The largest absolute Gasteiger partial charge is 0.231 e. The minimum absolute atomic E-state index is 0.442. The molecular weight excluding hydrogens is 275 g/mol. The first-order valence-electron chi connectivity index (χ1n) is 8.58. The van der Waals surface area contributed by atoms with Gasteiger partial charge in [-0.25, -0.2) is 0 Å². The summed E-state index contributed by atoms with van der Waals surface area (Å²) in [5, 5.41) is 1.33. The van der Waals surface area contributed by atoms with Gasteiger partial charge in [0, 0.05) is 0 Å². The fourth-order valence-electron chi connectivity index (χ4n) is 6.61. The van der Waals surface area contributed by atoms with Crippen LogP contribution in [-0.2, 0) is 0 Å². The van der Waals surface area contributed by atoms with Gasteiger partial charge in [-0.15, -0.1) is 0 Å². The Morgan fingerprint density at radius 2 is 0.750 bits per heavy atom. The zero-order valence-electron chi connectivity index (χ0n) is 16.6. The summed E-state index contributed by atoms with van der Waals surface area (Å²) >= 11 is 0. The zero-order valence-corrected chi connectivity index (χ0v) is 18.5. The monoisotopic (exact) mass is 317 g/mol. The third-order valence-electron chi connectivity index (χ3n) is 5.70. The lowest BCUT2D eigenvalue weighted by atomic mass is 10.2. The van der Waals surface area contributed by atoms with E-state index in [9.17, 15) is 0 Å². The van der Waals surface area contributed by atoms with Gasteiger partial charge in [-0.2, -0.15) is 0 Å². The van der Waals surface area contributed by atoms with Crippen LogP contribution in [0, 0.1) is 0 Å². The maximum absolute atomic E-state index is 2.56. The van der Waals surface area contributed by atoms with Gasteiger partial charge in [0.1, 0.15) is 0 Å². The van der Waals surface area contributed by atoms with Crippen molar-refractivity contribution in [2.45, 2.75) is 117 Å². The predicted octanol–water partition coefficient (Wildman–Crippen LogP) is 7.40. The molecule has 0 radical (unpaired) electrons. The fourth-order valence-corrected chi connectivity index (χ4v) is 36.9. The van der Waals surface area contributed by atoms with E-state index in [-0.39, 0.29) is 0 Å². The summed E-state index contributed by atoms with van der Waals surface area (Å²) < 4.78 is 0. The van der Waals surface area contributed by atoms with E-state index in [1.54, 1.807) is 0 Å². The van der Waals surface area contributed by atoms with E-state index in [1.807, 2.05) is 0 Å². The molecule has 0 rings (SSSR count). The molecule has 0 heterocycles. The summed E-state index contributed by atoms with van der Waals surface area (Å²) in [4.78, 5) is 0. The second-order valence-corrected chi connectivity index (χ2v) is 24.3. The molecular formula is C18H42PSi+. The van der Waals surface area contributed by atoms with Crippen molar-refractivity contribution in [2.75, 3.05) is 0 Å². The molecule has 2 heteroatoms. The van der Waals surface area contributed by atoms with Gasteiger partial charge in [0.15, 0.2) is 0 Å². The van der Waals surface area contributed by atoms with Crippen LogP contribution < -0.4 is 0 Å². The molecule has 0 aliphatic heterocycles. The Bertz CT molecular complexity index is 263. The van der Waals surface area contributed by atoms with Crippen LogP contribution >= 0.6 is 6.81 Å². The molecule has 0 unspecified atom stereocenters. The van der Waals surface area contributed by atoms with Gasteiger partial charge in [-0.05, 0) is 87.3 Å². The molecule has 0 saturated heterocycles. The van der Waals surface area contributed by atoms with Crippen LogP contribution in [0.15, 0.2) is 0 Å². The lowest BCUT2D eigenvalue weighted by Crippen LogP contribution is -2.57. The normalized spacial score (nSPS) is 15.6. The highest BCUT2D eigenvalue weighted by atomic mass is 31.4. The lowest BCUT2D eigenvalue weighted by Gasteiger charge is -2.62. The summed E-state index contributed by atoms with van der Waals surface area (Å²) in [5.41, 5.74) is 0. The van der Waals surface area contributed by atoms with Crippen LogP contribution in [0.2, 0.25) is 18.1 Å². The first-order valence-corrected chi connectivity index (χ1v) is 13.8. The van der Waals surface area contributed by atoms with Crippen molar-refractivity contribution < 1.29 is 0 Å². The molecule has 0 nitrogen and oxygen atoms in total. The van der Waals surface area contributed by atoms with Crippen molar-refractivity contribution in [3.8, 4) is 0 Å². The molecule has 0 aromatic rings. The molecule has 0 amide bonds. The highest BCUT2D eigenvalue weighted by Gasteiger charge is 2.73. The predicted molar refractivity (Wildman–Crippen MR) is 103 cm³/mol. The van der Waals surface area contributed by atoms with Crippen molar-refractivity contribution in [3.63, 3.8) is 0 Å². The van der Waals surface area contributed by atoms with Gasteiger partial charge in [0.05, 0.1) is 15.5 Å². The van der Waals surface area contributed by atoms with Crippen LogP contribution in [0.25, 0.3) is 0 Å². The Balaban J connectivity index is 6.78. The summed E-state index contributed by atoms with van der Waals surface area (Å²) in [7, 11) is -1.29. The van der Waals surface area contributed by atoms with Crippen LogP contribution in [0.5, 0.6) is 0 Å². The van der Waals surface area contributed by atoms with Gasteiger partial charge in [-0.1, -0.05) is 20.8 Å². The number of rotatable bonds is 4. The molecule has 0 bridgehead atoms. The van der Waals surface area contributed by atoms with Crippen molar-refractivity contribution in [1.29, 1.82) is 0 Å². The SMILES string of the molecule is CC[Si](CC)(CC)[P+](C(C)(C)C)(C(C)(C)C)C(C)(C)C. The third kappa shape index (κ3) is 2.79. The first-order chi connectivity index (χ1) is 8.68. The van der Waals surface area contributed by atoms with E-state index >= 15 is 0 Å². The summed E-state index contributed by atoms with van der Waals surface area (Å²) in [5.74, 6) is 0. The van der Waals surface area contributed by atoms with Gasteiger partial charge >= 0.3 is 0 Å². The van der Waals surface area contributed by atoms with Gasteiger partial charge in [0.2, 0.25) is 7.74 Å². The second-order valence-electron chi connectivity index (χ2n) is 9.47. The summed E-state index contributed by atoms with van der Waals surface area (Å²) in [6.07, 6.45) is 0. The average molecular weight is 318 g/mol. The molecule has 0 aromatic carbocycles. The fraction of sp³-hybridized carbons (Fsp3) is 1.00. The van der Waals surface area contributed by atoms with Crippen LogP contribution in [-0.4, -0.2) is 23.2 Å². The quantitative estimate of drug-likeness (QED) is 0.374. The lowest BCUT2D eigenvalue weighted by molar-refractivity contribution is 0.631. The Morgan fingerprint density at radius 3 is 0.800 bits per heavy atom. The molecule has 0 fully saturated rings. The summed E-state index contributed by atoms with van der Waals surface area (Å²) in [6, 6.07) is 4.37. The smallest absolute Gasteiger partial charge is 0.0644 e. The average Bonchev–Trinajstić information content (AvgIpc) is 2.19. The molecule has 0 N–H and O–H groups in total. The van der Waals surface area contributed by atoms with Crippen molar-refractivity contribution in [3.05, 3.63) is 0 Å². The van der Waals surface area contributed by atoms with E-state index in [0.717, 1.165) is 0 Å². The molecule has 0 aliphatic carbocycles. The van der Waals surface area contributed by atoms with Gasteiger partial charge < -0.3 is 0 Å². The highest BCUT2D eigenvalue weighted by Crippen LogP contribution is 2.89. The van der Waals surface area contributed by atoms with Crippen molar-refractivity contribution in [2.24, 2.45) is 0 Å². The standard InChI is InChI=1S/C18H42PSi/c1-13-20(14-2,15-3)19(16(4,5)6,17(7,8)9)18(10,11)12/h13-15H2,1-12H3/q+1. The molecule has 0 aromatic heterocycles.